The van der Waals surface area contributed by atoms with Gasteiger partial charge in [-0.2, -0.15) is 0 Å². The summed E-state index contributed by atoms with van der Waals surface area (Å²) in [6.45, 7) is 2.80. The van der Waals surface area contributed by atoms with E-state index in [0.717, 1.165) is 35.8 Å². The van der Waals surface area contributed by atoms with Crippen LogP contribution in [-0.4, -0.2) is 28.7 Å². The van der Waals surface area contributed by atoms with Gasteiger partial charge in [0.15, 0.2) is 0 Å². The Bertz CT molecular complexity index is 463. The average molecular weight is 345 g/mol. The lowest BCUT2D eigenvalue weighted by Crippen LogP contribution is -2.41. The van der Waals surface area contributed by atoms with Gasteiger partial charge in [-0.15, -0.1) is 0 Å². The van der Waals surface area contributed by atoms with E-state index in [4.69, 9.17) is 11.6 Å². The second kappa shape index (κ2) is 6.76. The number of likely N-dealkylation sites (tertiary alicyclic amines) is 1. The Labute approximate surface area is 128 Å². The number of hydrogen-bond donors (Lipinski definition) is 0. The normalized spacial score (nSPS) is 20.2. The molecule has 1 fully saturated rings. The number of rotatable bonds is 2. The SMILES string of the molecule is Cc1cc(Cl)ccc1C(=O)N1CCCCCC1CBr. The summed E-state index contributed by atoms with van der Waals surface area (Å²) in [5, 5.41) is 1.53. The molecule has 19 heavy (non-hydrogen) atoms. The number of nitrogens with zero attached hydrogens (tertiary/aromatic N) is 1. The number of amides is 1. The lowest BCUT2D eigenvalue weighted by atomic mass is 10.1. The van der Waals surface area contributed by atoms with Crippen molar-refractivity contribution in [2.45, 2.75) is 38.6 Å². The molecule has 1 aliphatic rings. The van der Waals surface area contributed by atoms with Gasteiger partial charge in [-0.05, 0) is 43.5 Å². The van der Waals surface area contributed by atoms with E-state index < -0.39 is 0 Å². The maximum Gasteiger partial charge on any atom is 0.254 e. The van der Waals surface area contributed by atoms with Crippen LogP contribution in [0.1, 0.15) is 41.6 Å². The van der Waals surface area contributed by atoms with E-state index in [1.54, 1.807) is 6.07 Å². The second-order valence-corrected chi connectivity index (χ2v) is 6.20. The first-order chi connectivity index (χ1) is 9.13. The zero-order valence-electron chi connectivity index (χ0n) is 11.2. The number of alkyl halides is 1. The smallest absolute Gasteiger partial charge is 0.254 e. The third kappa shape index (κ3) is 3.51. The molecule has 1 aromatic carbocycles. The summed E-state index contributed by atoms with van der Waals surface area (Å²) in [5.41, 5.74) is 1.73. The molecule has 1 unspecified atom stereocenters. The standard InChI is InChI=1S/C15H19BrClNO/c1-11-9-12(17)6-7-14(11)15(19)18-8-4-2-3-5-13(18)10-16/h6-7,9,13H,2-5,8,10H2,1H3. The zero-order valence-corrected chi connectivity index (χ0v) is 13.5. The molecule has 1 heterocycles. The summed E-state index contributed by atoms with van der Waals surface area (Å²) < 4.78 is 0. The van der Waals surface area contributed by atoms with E-state index in [9.17, 15) is 4.79 Å². The lowest BCUT2D eigenvalue weighted by molar-refractivity contribution is 0.0701. The van der Waals surface area contributed by atoms with E-state index >= 15 is 0 Å². The van der Waals surface area contributed by atoms with Crippen molar-refractivity contribution < 1.29 is 4.79 Å². The van der Waals surface area contributed by atoms with Crippen molar-refractivity contribution in [3.05, 3.63) is 34.3 Å². The maximum atomic E-state index is 12.7. The van der Waals surface area contributed by atoms with Crippen molar-refractivity contribution >= 4 is 33.4 Å². The molecule has 1 aliphatic heterocycles. The minimum atomic E-state index is 0.139. The molecule has 0 aliphatic carbocycles. The molecular weight excluding hydrogens is 326 g/mol. The molecule has 4 heteroatoms. The fourth-order valence-electron chi connectivity index (χ4n) is 2.63. The lowest BCUT2D eigenvalue weighted by Gasteiger charge is -2.29. The summed E-state index contributed by atoms with van der Waals surface area (Å²) in [6, 6.07) is 5.80. The zero-order chi connectivity index (χ0) is 13.8. The summed E-state index contributed by atoms with van der Waals surface area (Å²) in [6.07, 6.45) is 4.61. The number of aryl methyl sites for hydroxylation is 1. The molecule has 0 saturated carbocycles. The van der Waals surface area contributed by atoms with Crippen LogP contribution < -0.4 is 0 Å². The third-order valence-corrected chi connectivity index (χ3v) is 4.72. The first kappa shape index (κ1) is 14.9. The van der Waals surface area contributed by atoms with Gasteiger partial charge < -0.3 is 4.90 Å². The van der Waals surface area contributed by atoms with Crippen molar-refractivity contribution in [3.8, 4) is 0 Å². The maximum absolute atomic E-state index is 12.7. The predicted octanol–water partition coefficient (Wildman–Crippen LogP) is 4.43. The summed E-state index contributed by atoms with van der Waals surface area (Å²) in [4.78, 5) is 14.7. The molecule has 1 amide bonds. The van der Waals surface area contributed by atoms with Gasteiger partial charge >= 0.3 is 0 Å². The van der Waals surface area contributed by atoms with Crippen LogP contribution in [0.25, 0.3) is 0 Å². The second-order valence-electron chi connectivity index (χ2n) is 5.12. The van der Waals surface area contributed by atoms with Gasteiger partial charge in [0, 0.05) is 28.5 Å². The number of hydrogen-bond acceptors (Lipinski definition) is 1. The highest BCUT2D eigenvalue weighted by atomic mass is 79.9. The van der Waals surface area contributed by atoms with Crippen LogP contribution in [0.5, 0.6) is 0 Å². The molecule has 2 rings (SSSR count). The first-order valence-electron chi connectivity index (χ1n) is 6.76. The first-order valence-corrected chi connectivity index (χ1v) is 8.26. The number of halogens is 2. The average Bonchev–Trinajstić information content (AvgIpc) is 2.63. The highest BCUT2D eigenvalue weighted by Gasteiger charge is 2.26. The molecule has 0 radical (unpaired) electrons. The Kier molecular flexibility index (Phi) is 5.28. The van der Waals surface area contributed by atoms with E-state index in [1.807, 2.05) is 24.0 Å². The highest BCUT2D eigenvalue weighted by Crippen LogP contribution is 2.23. The molecule has 1 aromatic rings. The van der Waals surface area contributed by atoms with Crippen LogP contribution in [0.3, 0.4) is 0 Å². The van der Waals surface area contributed by atoms with E-state index in [2.05, 4.69) is 15.9 Å². The monoisotopic (exact) mass is 343 g/mol. The van der Waals surface area contributed by atoms with Crippen LogP contribution in [0.4, 0.5) is 0 Å². The van der Waals surface area contributed by atoms with Crippen molar-refractivity contribution in [3.63, 3.8) is 0 Å². The molecule has 0 spiro atoms. The minimum Gasteiger partial charge on any atom is -0.335 e. The topological polar surface area (TPSA) is 20.3 Å². The molecule has 0 aromatic heterocycles. The van der Waals surface area contributed by atoms with Gasteiger partial charge in [0.25, 0.3) is 5.91 Å². The van der Waals surface area contributed by atoms with Crippen molar-refractivity contribution in [1.82, 2.24) is 4.90 Å². The van der Waals surface area contributed by atoms with Crippen molar-refractivity contribution in [1.29, 1.82) is 0 Å². The molecule has 0 N–H and O–H groups in total. The quantitative estimate of drug-likeness (QED) is 0.727. The summed E-state index contributed by atoms with van der Waals surface area (Å²) in [7, 11) is 0. The van der Waals surface area contributed by atoms with Crippen LogP contribution in [0.15, 0.2) is 18.2 Å². The van der Waals surface area contributed by atoms with Gasteiger partial charge in [-0.3, -0.25) is 4.79 Å². The Morgan fingerprint density at radius 3 is 2.89 bits per heavy atom. The van der Waals surface area contributed by atoms with E-state index in [-0.39, 0.29) is 5.91 Å². The van der Waals surface area contributed by atoms with Crippen LogP contribution in [0, 0.1) is 6.92 Å². The van der Waals surface area contributed by atoms with Gasteiger partial charge in [-0.1, -0.05) is 40.4 Å². The largest absolute Gasteiger partial charge is 0.335 e. The third-order valence-electron chi connectivity index (χ3n) is 3.73. The minimum absolute atomic E-state index is 0.139. The van der Waals surface area contributed by atoms with Gasteiger partial charge in [-0.25, -0.2) is 0 Å². The Balaban J connectivity index is 2.25. The molecule has 104 valence electrons. The van der Waals surface area contributed by atoms with Crippen LogP contribution in [-0.2, 0) is 0 Å². The molecule has 1 atom stereocenters. The van der Waals surface area contributed by atoms with Gasteiger partial charge in [0.2, 0.25) is 0 Å². The van der Waals surface area contributed by atoms with E-state index in [0.29, 0.717) is 11.1 Å². The van der Waals surface area contributed by atoms with E-state index in [1.165, 1.54) is 12.8 Å². The van der Waals surface area contributed by atoms with Crippen molar-refractivity contribution in [2.24, 2.45) is 0 Å². The number of carbonyl (C=O) groups excluding carboxylic acids is 1. The Morgan fingerprint density at radius 2 is 2.21 bits per heavy atom. The number of carbonyl (C=O) groups is 1. The van der Waals surface area contributed by atoms with Crippen LogP contribution in [0.2, 0.25) is 5.02 Å². The highest BCUT2D eigenvalue weighted by molar-refractivity contribution is 9.09. The molecular formula is C15H19BrClNO. The molecule has 1 saturated heterocycles. The summed E-state index contributed by atoms with van der Waals surface area (Å²) in [5.74, 6) is 0.139. The predicted molar refractivity (Wildman–Crippen MR) is 83.3 cm³/mol. The molecule has 2 nitrogen and oxygen atoms in total. The van der Waals surface area contributed by atoms with Gasteiger partial charge in [0.05, 0.1) is 0 Å². The number of benzene rings is 1. The Hall–Kier alpha value is -0.540. The Morgan fingerprint density at radius 1 is 1.42 bits per heavy atom. The fourth-order valence-corrected chi connectivity index (χ4v) is 3.53. The van der Waals surface area contributed by atoms with Crippen molar-refractivity contribution in [2.75, 3.05) is 11.9 Å². The fraction of sp³-hybridized carbons (Fsp3) is 0.533. The van der Waals surface area contributed by atoms with Gasteiger partial charge in [0.1, 0.15) is 0 Å². The van der Waals surface area contributed by atoms with Crippen LogP contribution >= 0.6 is 27.5 Å². The summed E-state index contributed by atoms with van der Waals surface area (Å²) >= 11 is 9.50. The molecule has 0 bridgehead atoms.